The van der Waals surface area contributed by atoms with Crippen LogP contribution in [0.3, 0.4) is 0 Å². The van der Waals surface area contributed by atoms with Crippen LogP contribution in [-0.2, 0) is 10.0 Å². The Hall–Kier alpha value is -1.09. The van der Waals surface area contributed by atoms with E-state index in [1.54, 1.807) is 12.1 Å². The molecule has 1 aromatic heterocycles. The zero-order valence-corrected chi connectivity index (χ0v) is 17.6. The SMILES string of the molecule is COc1ccc(/C=C/S(=O)(=O)/N=C(\[O-])c2ccc(Cl)cc2Cl)cn1.[Na+]. The second kappa shape index (κ2) is 9.56. The van der Waals surface area contributed by atoms with Crippen molar-refractivity contribution >= 4 is 45.2 Å². The van der Waals surface area contributed by atoms with E-state index in [0.29, 0.717) is 16.5 Å². The summed E-state index contributed by atoms with van der Waals surface area (Å²) in [5, 5.41) is 13.1. The molecule has 0 aliphatic rings. The van der Waals surface area contributed by atoms with Crippen molar-refractivity contribution in [2.75, 3.05) is 7.11 Å². The molecule has 0 N–H and O–H groups in total. The summed E-state index contributed by atoms with van der Waals surface area (Å²) in [6.45, 7) is 0. The van der Waals surface area contributed by atoms with Crippen LogP contribution in [0.5, 0.6) is 5.88 Å². The van der Waals surface area contributed by atoms with Crippen LogP contribution in [0, 0.1) is 0 Å². The minimum atomic E-state index is -4.13. The van der Waals surface area contributed by atoms with E-state index >= 15 is 0 Å². The maximum absolute atomic E-state index is 12.0. The number of hydrogen-bond donors (Lipinski definition) is 0. The normalized spacial score (nSPS) is 12.0. The maximum atomic E-state index is 12.0. The quantitative estimate of drug-likeness (QED) is 0.378. The van der Waals surface area contributed by atoms with Crippen LogP contribution in [-0.4, -0.2) is 26.4 Å². The fourth-order valence-electron chi connectivity index (χ4n) is 1.63. The first-order valence-corrected chi connectivity index (χ1v) is 8.72. The topological polar surface area (TPSA) is 91.7 Å². The first kappa shape index (κ1) is 22.0. The van der Waals surface area contributed by atoms with Gasteiger partial charge in [-0.05, 0) is 29.8 Å². The molecule has 10 heteroatoms. The Balaban J connectivity index is 0.00000312. The average molecular weight is 409 g/mol. The van der Waals surface area contributed by atoms with Crippen molar-refractivity contribution in [2.24, 2.45) is 4.40 Å². The largest absolute Gasteiger partial charge is 1.00 e. The second-order valence-electron chi connectivity index (χ2n) is 4.47. The van der Waals surface area contributed by atoms with Crippen LogP contribution in [0.2, 0.25) is 10.0 Å². The molecule has 0 saturated heterocycles. The van der Waals surface area contributed by atoms with E-state index in [-0.39, 0.29) is 40.1 Å². The first-order valence-electron chi connectivity index (χ1n) is 6.46. The smallest absolute Gasteiger partial charge is 0.858 e. The van der Waals surface area contributed by atoms with Crippen molar-refractivity contribution in [1.29, 1.82) is 0 Å². The van der Waals surface area contributed by atoms with Gasteiger partial charge in [-0.15, -0.1) is 0 Å². The number of hydrogen-bond acceptors (Lipinski definition) is 5. The zero-order chi connectivity index (χ0) is 17.7. The van der Waals surface area contributed by atoms with E-state index in [4.69, 9.17) is 27.9 Å². The molecule has 0 spiro atoms. The molecule has 126 valence electrons. The molecule has 0 atom stereocenters. The number of ether oxygens (including phenoxy) is 1. The minimum absolute atomic E-state index is 0. The molecular formula is C15H11Cl2N2NaO4S. The van der Waals surface area contributed by atoms with E-state index in [1.165, 1.54) is 37.6 Å². The number of aromatic nitrogens is 1. The van der Waals surface area contributed by atoms with Gasteiger partial charge in [0.25, 0.3) is 10.0 Å². The molecule has 1 heterocycles. The fraction of sp³-hybridized carbons (Fsp3) is 0.0667. The van der Waals surface area contributed by atoms with E-state index in [2.05, 4.69) is 9.38 Å². The minimum Gasteiger partial charge on any atom is -0.858 e. The summed E-state index contributed by atoms with van der Waals surface area (Å²) in [6.07, 6.45) is 2.69. The second-order valence-corrected chi connectivity index (χ2v) is 6.80. The zero-order valence-electron chi connectivity index (χ0n) is 13.3. The van der Waals surface area contributed by atoms with E-state index in [0.717, 1.165) is 5.41 Å². The standard InChI is InChI=1S/C15H12Cl2N2O4S.Na/c1-23-14-5-2-10(9-18-14)6-7-24(21,22)19-15(20)12-4-3-11(16)8-13(12)17;/h2-9H,1H3,(H,19,20);/q;+1/p-1/b7-6+;. The van der Waals surface area contributed by atoms with E-state index in [9.17, 15) is 13.5 Å². The summed E-state index contributed by atoms with van der Waals surface area (Å²) in [4.78, 5) is 3.93. The molecule has 6 nitrogen and oxygen atoms in total. The van der Waals surface area contributed by atoms with Gasteiger partial charge >= 0.3 is 29.6 Å². The Morgan fingerprint density at radius 1 is 1.28 bits per heavy atom. The van der Waals surface area contributed by atoms with Crippen molar-refractivity contribution in [1.82, 2.24) is 4.98 Å². The van der Waals surface area contributed by atoms with Crippen molar-refractivity contribution in [3.8, 4) is 5.88 Å². The predicted octanol–water partition coefficient (Wildman–Crippen LogP) is -0.491. The number of rotatable bonds is 5. The molecule has 2 rings (SSSR count). The predicted molar refractivity (Wildman–Crippen MR) is 91.7 cm³/mol. The molecule has 0 amide bonds. The number of pyridine rings is 1. The number of sulfonamides is 1. The summed E-state index contributed by atoms with van der Waals surface area (Å²) in [5.41, 5.74) is 0.454. The summed E-state index contributed by atoms with van der Waals surface area (Å²) in [6, 6.07) is 7.24. The van der Waals surface area contributed by atoms with Crippen LogP contribution >= 0.6 is 23.2 Å². The summed E-state index contributed by atoms with van der Waals surface area (Å²) in [7, 11) is -2.66. The van der Waals surface area contributed by atoms with Gasteiger partial charge in [0, 0.05) is 28.7 Å². The van der Waals surface area contributed by atoms with Crippen LogP contribution in [0.15, 0.2) is 46.3 Å². The molecule has 0 aliphatic carbocycles. The molecular weight excluding hydrogens is 398 g/mol. The third-order valence-corrected chi connectivity index (χ3v) is 4.22. The third kappa shape index (κ3) is 6.62. The van der Waals surface area contributed by atoms with Crippen molar-refractivity contribution in [3.63, 3.8) is 0 Å². The molecule has 0 bridgehead atoms. The molecule has 25 heavy (non-hydrogen) atoms. The van der Waals surface area contributed by atoms with Crippen LogP contribution in [0.25, 0.3) is 6.08 Å². The number of nitrogens with zero attached hydrogens (tertiary/aromatic N) is 2. The Kier molecular flexibility index (Phi) is 8.40. The summed E-state index contributed by atoms with van der Waals surface area (Å²) >= 11 is 11.6. The first-order chi connectivity index (χ1) is 11.3. The van der Waals surface area contributed by atoms with Gasteiger partial charge in [0.1, 0.15) is 0 Å². The van der Waals surface area contributed by atoms with Crippen molar-refractivity contribution in [2.45, 2.75) is 0 Å². The molecule has 0 unspecified atom stereocenters. The van der Waals surface area contributed by atoms with E-state index in [1.807, 2.05) is 0 Å². The third-order valence-electron chi connectivity index (χ3n) is 2.77. The van der Waals surface area contributed by atoms with Crippen LogP contribution in [0.1, 0.15) is 11.1 Å². The monoisotopic (exact) mass is 408 g/mol. The number of benzene rings is 1. The summed E-state index contributed by atoms with van der Waals surface area (Å²) < 4.78 is 31.9. The Morgan fingerprint density at radius 2 is 2.00 bits per heavy atom. The average Bonchev–Trinajstić information content (AvgIpc) is 2.53. The van der Waals surface area contributed by atoms with Gasteiger partial charge in [-0.25, -0.2) is 4.98 Å². The molecule has 0 saturated carbocycles. The van der Waals surface area contributed by atoms with Gasteiger partial charge in [-0.1, -0.05) is 29.3 Å². The van der Waals surface area contributed by atoms with Crippen LogP contribution < -0.4 is 39.4 Å². The molecule has 0 radical (unpaired) electrons. The number of halogens is 2. The van der Waals surface area contributed by atoms with E-state index < -0.39 is 15.9 Å². The van der Waals surface area contributed by atoms with Gasteiger partial charge in [0.05, 0.1) is 17.5 Å². The molecule has 1 aromatic carbocycles. The fourth-order valence-corrected chi connectivity index (χ4v) is 2.84. The Labute approximate surface area is 177 Å². The molecule has 2 aromatic rings. The Morgan fingerprint density at radius 3 is 2.56 bits per heavy atom. The van der Waals surface area contributed by atoms with Gasteiger partial charge in [0.15, 0.2) is 0 Å². The Bertz CT molecular complexity index is 900. The molecule has 0 fully saturated rings. The van der Waals surface area contributed by atoms with Crippen LogP contribution in [0.4, 0.5) is 0 Å². The maximum Gasteiger partial charge on any atom is 1.00 e. The van der Waals surface area contributed by atoms with Gasteiger partial charge in [-0.2, -0.15) is 12.8 Å². The number of methoxy groups -OCH3 is 1. The van der Waals surface area contributed by atoms with Crippen molar-refractivity contribution < 1.29 is 47.8 Å². The van der Waals surface area contributed by atoms with Gasteiger partial charge < -0.3 is 9.84 Å². The summed E-state index contributed by atoms with van der Waals surface area (Å²) in [5.74, 6) is -0.582. The molecule has 0 aliphatic heterocycles. The van der Waals surface area contributed by atoms with Crippen molar-refractivity contribution in [3.05, 3.63) is 63.1 Å². The van der Waals surface area contributed by atoms with Gasteiger partial charge in [-0.3, -0.25) is 0 Å². The van der Waals surface area contributed by atoms with Gasteiger partial charge in [0.2, 0.25) is 5.88 Å².